The molecular formula is C18H17N5O3S. The van der Waals surface area contributed by atoms with Crippen LogP contribution in [-0.2, 0) is 15.3 Å². The number of ether oxygens (including phenoxy) is 1. The Labute approximate surface area is 159 Å². The third-order valence-corrected chi connectivity index (χ3v) is 4.59. The van der Waals surface area contributed by atoms with Gasteiger partial charge in [0.25, 0.3) is 0 Å². The lowest BCUT2D eigenvalue weighted by Crippen LogP contribution is -2.07. The number of nitrogens with one attached hydrogen (secondary N) is 1. The number of methoxy groups -OCH3 is 1. The predicted octanol–water partition coefficient (Wildman–Crippen LogP) is 2.70. The number of hydrogen-bond acceptors (Lipinski definition) is 7. The van der Waals surface area contributed by atoms with Gasteiger partial charge >= 0.3 is 5.97 Å². The molecule has 0 saturated heterocycles. The fourth-order valence-corrected chi connectivity index (χ4v) is 3.20. The molecule has 1 heterocycles. The highest BCUT2D eigenvalue weighted by atomic mass is 32.2. The third kappa shape index (κ3) is 4.70. The van der Waals surface area contributed by atoms with Crippen LogP contribution in [0.4, 0.5) is 5.69 Å². The van der Waals surface area contributed by atoms with Crippen LogP contribution in [0.1, 0.15) is 22.8 Å². The van der Waals surface area contributed by atoms with Crippen molar-refractivity contribution in [1.82, 2.24) is 20.2 Å². The van der Waals surface area contributed by atoms with Crippen molar-refractivity contribution in [3.63, 3.8) is 0 Å². The average molecular weight is 383 g/mol. The van der Waals surface area contributed by atoms with E-state index in [0.29, 0.717) is 22.2 Å². The van der Waals surface area contributed by atoms with Crippen molar-refractivity contribution < 1.29 is 14.3 Å². The van der Waals surface area contributed by atoms with Crippen LogP contribution in [-0.4, -0.2) is 39.2 Å². The van der Waals surface area contributed by atoms with Crippen LogP contribution in [0.5, 0.6) is 0 Å². The summed E-state index contributed by atoms with van der Waals surface area (Å²) in [6, 6.07) is 14.5. The van der Waals surface area contributed by atoms with Crippen molar-refractivity contribution in [2.45, 2.75) is 17.8 Å². The molecule has 0 aliphatic carbocycles. The number of thioether (sulfide) groups is 1. The van der Waals surface area contributed by atoms with Crippen LogP contribution in [0.3, 0.4) is 0 Å². The van der Waals surface area contributed by atoms with E-state index < -0.39 is 0 Å². The zero-order valence-corrected chi connectivity index (χ0v) is 15.6. The van der Waals surface area contributed by atoms with Gasteiger partial charge in [0.05, 0.1) is 18.4 Å². The molecule has 0 unspecified atom stereocenters. The van der Waals surface area contributed by atoms with Gasteiger partial charge in [0, 0.05) is 18.4 Å². The summed E-state index contributed by atoms with van der Waals surface area (Å²) in [7, 11) is 1.35. The highest BCUT2D eigenvalue weighted by Crippen LogP contribution is 2.24. The van der Waals surface area contributed by atoms with Crippen molar-refractivity contribution >= 4 is 29.3 Å². The molecule has 0 fully saturated rings. The normalized spacial score (nSPS) is 10.4. The number of nitrogens with zero attached hydrogens (tertiary/aromatic N) is 4. The summed E-state index contributed by atoms with van der Waals surface area (Å²) in [6.07, 6.45) is 0. The first kappa shape index (κ1) is 18.6. The average Bonchev–Trinajstić information content (AvgIpc) is 3.14. The molecule has 0 aliphatic heterocycles. The van der Waals surface area contributed by atoms with E-state index in [1.165, 1.54) is 25.8 Å². The fourth-order valence-electron chi connectivity index (χ4n) is 2.35. The van der Waals surface area contributed by atoms with Crippen molar-refractivity contribution in [2.24, 2.45) is 0 Å². The molecule has 1 N–H and O–H groups in total. The van der Waals surface area contributed by atoms with E-state index >= 15 is 0 Å². The molecule has 3 aromatic rings. The summed E-state index contributed by atoms with van der Waals surface area (Å²) in [5.41, 5.74) is 2.94. The lowest BCUT2D eigenvalue weighted by molar-refractivity contribution is -0.114. The number of amides is 1. The second kappa shape index (κ2) is 8.45. The van der Waals surface area contributed by atoms with Gasteiger partial charge in [-0.05, 0) is 46.3 Å². The predicted molar refractivity (Wildman–Crippen MR) is 101 cm³/mol. The van der Waals surface area contributed by atoms with E-state index in [0.717, 1.165) is 11.3 Å². The monoisotopic (exact) mass is 383 g/mol. The molecule has 9 heteroatoms. The molecule has 0 bridgehead atoms. The number of anilines is 1. The molecule has 0 spiro atoms. The Bertz CT molecular complexity index is 956. The lowest BCUT2D eigenvalue weighted by Gasteiger charge is -2.07. The Morgan fingerprint density at radius 3 is 2.67 bits per heavy atom. The van der Waals surface area contributed by atoms with Crippen LogP contribution in [0, 0.1) is 0 Å². The first-order chi connectivity index (χ1) is 13.1. The number of carbonyl (C=O) groups excluding carboxylic acids is 2. The number of carbonyl (C=O) groups is 2. The van der Waals surface area contributed by atoms with Gasteiger partial charge in [-0.1, -0.05) is 30.0 Å². The summed E-state index contributed by atoms with van der Waals surface area (Å²) in [4.78, 5) is 22.7. The van der Waals surface area contributed by atoms with Crippen LogP contribution in [0.25, 0.3) is 5.69 Å². The number of tetrazole rings is 1. The van der Waals surface area contributed by atoms with Crippen molar-refractivity contribution in [3.8, 4) is 5.69 Å². The van der Waals surface area contributed by atoms with Crippen LogP contribution in [0.2, 0.25) is 0 Å². The minimum absolute atomic E-state index is 0.145. The zero-order valence-electron chi connectivity index (χ0n) is 14.7. The number of rotatable bonds is 6. The van der Waals surface area contributed by atoms with E-state index in [-0.39, 0.29) is 11.9 Å². The molecule has 0 atom stereocenters. The minimum Gasteiger partial charge on any atom is -0.465 e. The van der Waals surface area contributed by atoms with Crippen LogP contribution < -0.4 is 5.32 Å². The summed E-state index contributed by atoms with van der Waals surface area (Å²) < 4.78 is 6.30. The number of hydrogen-bond donors (Lipinski definition) is 1. The van der Waals surface area contributed by atoms with Crippen molar-refractivity contribution in [3.05, 3.63) is 59.7 Å². The number of aromatic nitrogens is 4. The maximum atomic E-state index is 11.5. The molecule has 1 amide bonds. The Hall–Kier alpha value is -3.20. The van der Waals surface area contributed by atoms with E-state index in [9.17, 15) is 9.59 Å². The van der Waals surface area contributed by atoms with Crippen LogP contribution >= 0.6 is 11.8 Å². The highest BCUT2D eigenvalue weighted by Gasteiger charge is 2.11. The van der Waals surface area contributed by atoms with Gasteiger partial charge in [0.1, 0.15) is 0 Å². The highest BCUT2D eigenvalue weighted by molar-refractivity contribution is 7.98. The number of esters is 1. The van der Waals surface area contributed by atoms with Gasteiger partial charge in [0.2, 0.25) is 11.1 Å². The van der Waals surface area contributed by atoms with E-state index in [1.807, 2.05) is 24.3 Å². The summed E-state index contributed by atoms with van der Waals surface area (Å²) >= 11 is 1.46. The molecule has 0 aliphatic rings. The van der Waals surface area contributed by atoms with Crippen molar-refractivity contribution in [1.29, 1.82) is 0 Å². The first-order valence-corrected chi connectivity index (χ1v) is 9.02. The summed E-state index contributed by atoms with van der Waals surface area (Å²) in [6.45, 7) is 1.45. The molecule has 1 aromatic heterocycles. The van der Waals surface area contributed by atoms with E-state index in [1.54, 1.807) is 28.9 Å². The molecule has 8 nitrogen and oxygen atoms in total. The Morgan fingerprint density at radius 1 is 1.19 bits per heavy atom. The van der Waals surface area contributed by atoms with Crippen molar-refractivity contribution in [2.75, 3.05) is 12.4 Å². The van der Waals surface area contributed by atoms with Gasteiger partial charge in [-0.2, -0.15) is 4.68 Å². The molecule has 0 saturated carbocycles. The van der Waals surface area contributed by atoms with E-state index in [4.69, 9.17) is 4.74 Å². The smallest absolute Gasteiger partial charge is 0.337 e. The molecule has 2 aromatic carbocycles. The van der Waals surface area contributed by atoms with Gasteiger partial charge in [0.15, 0.2) is 0 Å². The number of benzene rings is 2. The second-order valence-corrected chi connectivity index (χ2v) is 6.52. The Morgan fingerprint density at radius 2 is 1.96 bits per heavy atom. The second-order valence-electron chi connectivity index (χ2n) is 5.58. The zero-order chi connectivity index (χ0) is 19.2. The van der Waals surface area contributed by atoms with Crippen LogP contribution in [0.15, 0.2) is 53.7 Å². The standard InChI is InChI=1S/C18H17N5O3S/c1-12(24)19-15-4-3-5-16(10-15)23-18(20-21-22-23)27-11-13-6-8-14(9-7-13)17(25)26-2/h3-10H,11H2,1-2H3,(H,19,24). The maximum Gasteiger partial charge on any atom is 0.337 e. The van der Waals surface area contributed by atoms with Gasteiger partial charge in [-0.15, -0.1) is 5.10 Å². The summed E-state index contributed by atoms with van der Waals surface area (Å²) in [5, 5.41) is 15.2. The van der Waals surface area contributed by atoms with Gasteiger partial charge in [-0.3, -0.25) is 4.79 Å². The van der Waals surface area contributed by atoms with E-state index in [2.05, 4.69) is 20.8 Å². The molecular weight excluding hydrogens is 366 g/mol. The quantitative estimate of drug-likeness (QED) is 0.516. The summed E-state index contributed by atoms with van der Waals surface area (Å²) in [5.74, 6) is 0.124. The molecule has 27 heavy (non-hydrogen) atoms. The third-order valence-electron chi connectivity index (χ3n) is 3.59. The topological polar surface area (TPSA) is 99.0 Å². The van der Waals surface area contributed by atoms with Gasteiger partial charge in [-0.25, -0.2) is 4.79 Å². The maximum absolute atomic E-state index is 11.5. The molecule has 138 valence electrons. The van der Waals surface area contributed by atoms with Gasteiger partial charge < -0.3 is 10.1 Å². The SMILES string of the molecule is COC(=O)c1ccc(CSc2nnnn2-c2cccc(NC(C)=O)c2)cc1. The molecule has 0 radical (unpaired) electrons. The molecule has 3 rings (SSSR count). The minimum atomic E-state index is -0.364. The fraction of sp³-hybridized carbons (Fsp3) is 0.167. The first-order valence-electron chi connectivity index (χ1n) is 8.03. The lowest BCUT2D eigenvalue weighted by atomic mass is 10.1. The Kier molecular flexibility index (Phi) is 5.82. The Balaban J connectivity index is 1.72. The largest absolute Gasteiger partial charge is 0.465 e.